The molecule has 26 heavy (non-hydrogen) atoms. The molecule has 0 radical (unpaired) electrons. The third-order valence-electron chi connectivity index (χ3n) is 4.34. The molecule has 142 valence electrons. The number of pyridine rings is 1. The van der Waals surface area contributed by atoms with E-state index in [9.17, 15) is 4.79 Å². The first-order valence-electron chi connectivity index (χ1n) is 8.54. The van der Waals surface area contributed by atoms with E-state index in [0.29, 0.717) is 5.69 Å². The first-order valence-corrected chi connectivity index (χ1v) is 8.54. The van der Waals surface area contributed by atoms with Crippen molar-refractivity contribution in [1.29, 1.82) is 0 Å². The van der Waals surface area contributed by atoms with Gasteiger partial charge in [-0.3, -0.25) is 4.79 Å². The van der Waals surface area contributed by atoms with Crippen molar-refractivity contribution < 1.29 is 4.79 Å². The summed E-state index contributed by atoms with van der Waals surface area (Å²) >= 11 is 0. The highest BCUT2D eigenvalue weighted by atomic mass is 35.5. The lowest BCUT2D eigenvalue weighted by Gasteiger charge is -2.27. The second-order valence-corrected chi connectivity index (χ2v) is 6.22. The summed E-state index contributed by atoms with van der Waals surface area (Å²) in [5, 5.41) is 2.87. The van der Waals surface area contributed by atoms with Gasteiger partial charge < -0.3 is 16.0 Å². The van der Waals surface area contributed by atoms with Crippen LogP contribution < -0.4 is 16.0 Å². The summed E-state index contributed by atoms with van der Waals surface area (Å²) in [5.41, 5.74) is 7.76. The number of carbonyl (C=O) groups excluding carboxylic acids is 1. The quantitative estimate of drug-likeness (QED) is 0.802. The van der Waals surface area contributed by atoms with E-state index < -0.39 is 0 Å². The number of aromatic nitrogens is 1. The van der Waals surface area contributed by atoms with E-state index >= 15 is 0 Å². The maximum absolute atomic E-state index is 12.2. The van der Waals surface area contributed by atoms with Crippen LogP contribution in [0.25, 0.3) is 0 Å². The van der Waals surface area contributed by atoms with Crippen molar-refractivity contribution in [1.82, 2.24) is 4.98 Å². The van der Waals surface area contributed by atoms with Gasteiger partial charge in [0, 0.05) is 25.6 Å². The summed E-state index contributed by atoms with van der Waals surface area (Å²) in [7, 11) is 0. The predicted molar refractivity (Wildman–Crippen MR) is 111 cm³/mol. The van der Waals surface area contributed by atoms with Gasteiger partial charge in [-0.05, 0) is 37.0 Å². The van der Waals surface area contributed by atoms with Gasteiger partial charge >= 0.3 is 0 Å². The monoisotopic (exact) mass is 396 g/mol. The van der Waals surface area contributed by atoms with Gasteiger partial charge in [0.25, 0.3) is 0 Å². The van der Waals surface area contributed by atoms with Gasteiger partial charge in [0.1, 0.15) is 5.82 Å². The van der Waals surface area contributed by atoms with Crippen molar-refractivity contribution in [3.05, 3.63) is 54.2 Å². The molecule has 2 aromatic rings. The standard InChI is InChI=1S/C19H24N4O.2ClH/c20-17(15-7-3-1-4-8-15)13-19(24)22-16-9-10-18(21-14-16)23-11-5-2-6-12-23;;/h1,3-4,7-10,14,17H,2,5-6,11-13,20H2,(H,22,24);2*1H. The molecule has 1 fully saturated rings. The van der Waals surface area contributed by atoms with E-state index in [4.69, 9.17) is 5.73 Å². The van der Waals surface area contributed by atoms with Crippen molar-refractivity contribution >= 4 is 42.2 Å². The van der Waals surface area contributed by atoms with Crippen molar-refractivity contribution in [2.45, 2.75) is 31.7 Å². The highest BCUT2D eigenvalue weighted by Gasteiger charge is 2.14. The molecule has 0 spiro atoms. The van der Waals surface area contributed by atoms with Crippen molar-refractivity contribution in [2.24, 2.45) is 5.73 Å². The maximum atomic E-state index is 12.2. The van der Waals surface area contributed by atoms with Crippen LogP contribution >= 0.6 is 24.8 Å². The van der Waals surface area contributed by atoms with E-state index in [2.05, 4.69) is 15.2 Å². The molecule has 0 aliphatic carbocycles. The van der Waals surface area contributed by atoms with Crippen LogP contribution in [0.3, 0.4) is 0 Å². The Balaban J connectivity index is 0.00000169. The zero-order valence-electron chi connectivity index (χ0n) is 14.6. The van der Waals surface area contributed by atoms with E-state index in [-0.39, 0.29) is 43.2 Å². The Hall–Kier alpha value is -1.82. The summed E-state index contributed by atoms with van der Waals surface area (Å²) in [6.45, 7) is 2.12. The number of amides is 1. The summed E-state index contributed by atoms with van der Waals surface area (Å²) in [4.78, 5) is 18.9. The number of nitrogens with one attached hydrogen (secondary N) is 1. The van der Waals surface area contributed by atoms with Gasteiger partial charge in [-0.2, -0.15) is 0 Å². The van der Waals surface area contributed by atoms with E-state index in [1.807, 2.05) is 42.5 Å². The molecule has 1 saturated heterocycles. The Morgan fingerprint density at radius 1 is 1.08 bits per heavy atom. The SMILES string of the molecule is Cl.Cl.NC(CC(=O)Nc1ccc(N2CCCCC2)nc1)c1ccccc1. The second-order valence-electron chi connectivity index (χ2n) is 6.22. The zero-order valence-corrected chi connectivity index (χ0v) is 16.3. The van der Waals surface area contributed by atoms with Gasteiger partial charge in [-0.1, -0.05) is 30.3 Å². The average Bonchev–Trinajstić information content (AvgIpc) is 2.64. The molecule has 1 aliphatic heterocycles. The lowest BCUT2D eigenvalue weighted by molar-refractivity contribution is -0.116. The number of benzene rings is 1. The number of rotatable bonds is 5. The van der Waals surface area contributed by atoms with Crippen LogP contribution in [-0.4, -0.2) is 24.0 Å². The number of piperidine rings is 1. The van der Waals surface area contributed by atoms with Gasteiger partial charge in [0.2, 0.25) is 5.91 Å². The van der Waals surface area contributed by atoms with E-state index in [1.54, 1.807) is 6.20 Å². The third-order valence-corrected chi connectivity index (χ3v) is 4.34. The minimum Gasteiger partial charge on any atom is -0.357 e. The Labute approximate surface area is 167 Å². The Kier molecular flexibility index (Phi) is 9.41. The Morgan fingerprint density at radius 2 is 1.77 bits per heavy atom. The largest absolute Gasteiger partial charge is 0.357 e. The fraction of sp³-hybridized carbons (Fsp3) is 0.368. The molecule has 7 heteroatoms. The molecule has 3 rings (SSSR count). The molecule has 1 aromatic heterocycles. The first kappa shape index (κ1) is 22.2. The average molecular weight is 397 g/mol. The number of hydrogen-bond donors (Lipinski definition) is 2. The van der Waals surface area contributed by atoms with E-state index in [1.165, 1.54) is 19.3 Å². The summed E-state index contributed by atoms with van der Waals surface area (Å²) < 4.78 is 0. The number of hydrogen-bond acceptors (Lipinski definition) is 4. The molecular weight excluding hydrogens is 371 g/mol. The van der Waals surface area contributed by atoms with Crippen LogP contribution in [0.2, 0.25) is 0 Å². The van der Waals surface area contributed by atoms with Crippen LogP contribution in [-0.2, 0) is 4.79 Å². The third kappa shape index (κ3) is 6.16. The molecule has 5 nitrogen and oxygen atoms in total. The van der Waals surface area contributed by atoms with Crippen molar-refractivity contribution in [2.75, 3.05) is 23.3 Å². The number of halogens is 2. The lowest BCUT2D eigenvalue weighted by Crippen LogP contribution is -2.30. The molecule has 1 atom stereocenters. The van der Waals surface area contributed by atoms with Crippen LogP contribution in [0.15, 0.2) is 48.7 Å². The van der Waals surface area contributed by atoms with Gasteiger partial charge in [0.05, 0.1) is 11.9 Å². The van der Waals surface area contributed by atoms with Crippen LogP contribution in [0.1, 0.15) is 37.3 Å². The predicted octanol–water partition coefficient (Wildman–Crippen LogP) is 3.94. The fourth-order valence-corrected chi connectivity index (χ4v) is 3.00. The van der Waals surface area contributed by atoms with Crippen LogP contribution in [0, 0.1) is 0 Å². The highest BCUT2D eigenvalue weighted by Crippen LogP contribution is 2.19. The zero-order chi connectivity index (χ0) is 16.8. The molecule has 2 heterocycles. The van der Waals surface area contributed by atoms with E-state index in [0.717, 1.165) is 24.5 Å². The maximum Gasteiger partial charge on any atom is 0.226 e. The lowest BCUT2D eigenvalue weighted by atomic mass is 10.0. The molecular formula is C19H26Cl2N4O. The Bertz CT molecular complexity index is 661. The van der Waals surface area contributed by atoms with Gasteiger partial charge in [-0.15, -0.1) is 24.8 Å². The fourth-order valence-electron chi connectivity index (χ4n) is 3.00. The molecule has 1 aliphatic rings. The molecule has 1 aromatic carbocycles. The molecule has 1 amide bonds. The highest BCUT2D eigenvalue weighted by molar-refractivity contribution is 5.91. The molecule has 1 unspecified atom stereocenters. The van der Waals surface area contributed by atoms with Crippen LogP contribution in [0.5, 0.6) is 0 Å². The van der Waals surface area contributed by atoms with Crippen molar-refractivity contribution in [3.8, 4) is 0 Å². The van der Waals surface area contributed by atoms with Gasteiger partial charge in [-0.25, -0.2) is 4.98 Å². The normalized spacial score (nSPS) is 14.6. The number of nitrogens with two attached hydrogens (primary N) is 1. The minimum atomic E-state index is -0.299. The number of nitrogens with zero attached hydrogens (tertiary/aromatic N) is 2. The second kappa shape index (κ2) is 11.0. The Morgan fingerprint density at radius 3 is 2.38 bits per heavy atom. The van der Waals surface area contributed by atoms with Crippen LogP contribution in [0.4, 0.5) is 11.5 Å². The topological polar surface area (TPSA) is 71.2 Å². The first-order chi connectivity index (χ1) is 11.7. The summed E-state index contributed by atoms with van der Waals surface area (Å²) in [6.07, 6.45) is 5.70. The number of anilines is 2. The molecule has 3 N–H and O–H groups in total. The summed E-state index contributed by atoms with van der Waals surface area (Å²) in [6, 6.07) is 13.2. The smallest absolute Gasteiger partial charge is 0.226 e. The van der Waals surface area contributed by atoms with Gasteiger partial charge in [0.15, 0.2) is 0 Å². The molecule has 0 bridgehead atoms. The minimum absolute atomic E-state index is 0. The number of carbonyl (C=O) groups is 1. The van der Waals surface area contributed by atoms with Crippen molar-refractivity contribution in [3.63, 3.8) is 0 Å². The molecule has 0 saturated carbocycles. The summed E-state index contributed by atoms with van der Waals surface area (Å²) in [5.74, 6) is 0.882.